The Bertz CT molecular complexity index is 420. The molecule has 0 heterocycles. The zero-order chi connectivity index (χ0) is 13.8. The summed E-state index contributed by atoms with van der Waals surface area (Å²) in [6.07, 6.45) is 0. The highest BCUT2D eigenvalue weighted by Crippen LogP contribution is 2.22. The summed E-state index contributed by atoms with van der Waals surface area (Å²) in [5.74, 6) is -0.297. The predicted octanol–water partition coefficient (Wildman–Crippen LogP) is 1.55. The van der Waals surface area contributed by atoms with Crippen LogP contribution in [0.15, 0.2) is 24.3 Å². The fourth-order valence-electron chi connectivity index (χ4n) is 1.64. The number of benzene rings is 1. The van der Waals surface area contributed by atoms with Gasteiger partial charge in [0.15, 0.2) is 0 Å². The van der Waals surface area contributed by atoms with Crippen LogP contribution in [0.25, 0.3) is 0 Å². The van der Waals surface area contributed by atoms with Crippen LogP contribution in [0.3, 0.4) is 0 Å². The van der Waals surface area contributed by atoms with Gasteiger partial charge in [0, 0.05) is 6.54 Å². The number of nitrogens with zero attached hydrogens (tertiary/aromatic N) is 1. The van der Waals surface area contributed by atoms with Gasteiger partial charge in [0.2, 0.25) is 0 Å². The molecule has 18 heavy (non-hydrogen) atoms. The van der Waals surface area contributed by atoms with Crippen molar-refractivity contribution in [2.75, 3.05) is 19.8 Å². The van der Waals surface area contributed by atoms with Crippen molar-refractivity contribution in [3.05, 3.63) is 34.9 Å². The lowest BCUT2D eigenvalue weighted by atomic mass is 10.0. The summed E-state index contributed by atoms with van der Waals surface area (Å²) >= 11 is 5.98. The second-order valence-corrected chi connectivity index (χ2v) is 5.04. The Kier molecular flexibility index (Phi) is 5.14. The van der Waals surface area contributed by atoms with E-state index >= 15 is 0 Å². The molecule has 100 valence electrons. The summed E-state index contributed by atoms with van der Waals surface area (Å²) in [6.45, 7) is 3.26. The van der Waals surface area contributed by atoms with Gasteiger partial charge in [-0.05, 0) is 26.0 Å². The number of aliphatic hydroxyl groups excluding tert-OH is 2. The fourth-order valence-corrected chi connectivity index (χ4v) is 1.86. The van der Waals surface area contributed by atoms with Gasteiger partial charge in [-0.1, -0.05) is 23.7 Å². The van der Waals surface area contributed by atoms with Crippen LogP contribution in [-0.2, 0) is 0 Å². The number of amides is 1. The minimum absolute atomic E-state index is 0.150. The Morgan fingerprint density at radius 2 is 1.94 bits per heavy atom. The number of β-amino-alcohol motifs (C(OH)–C–C–N with tert-alkyl or cyclic N) is 1. The first-order valence-electron chi connectivity index (χ1n) is 5.72. The van der Waals surface area contributed by atoms with Crippen molar-refractivity contribution in [3.8, 4) is 0 Å². The smallest absolute Gasteiger partial charge is 0.255 e. The van der Waals surface area contributed by atoms with E-state index in [-0.39, 0.29) is 25.7 Å². The lowest BCUT2D eigenvalue weighted by Crippen LogP contribution is -2.51. The fraction of sp³-hybridized carbons (Fsp3) is 0.462. The molecule has 1 rings (SSSR count). The summed E-state index contributed by atoms with van der Waals surface area (Å²) < 4.78 is 0. The zero-order valence-electron chi connectivity index (χ0n) is 10.6. The van der Waals surface area contributed by atoms with Crippen LogP contribution in [-0.4, -0.2) is 46.3 Å². The van der Waals surface area contributed by atoms with E-state index in [0.29, 0.717) is 10.6 Å². The predicted molar refractivity (Wildman–Crippen MR) is 70.7 cm³/mol. The van der Waals surface area contributed by atoms with Gasteiger partial charge in [-0.3, -0.25) is 4.79 Å². The van der Waals surface area contributed by atoms with E-state index in [1.54, 1.807) is 38.1 Å². The highest BCUT2D eigenvalue weighted by atomic mass is 35.5. The summed E-state index contributed by atoms with van der Waals surface area (Å²) in [6, 6.07) is 6.73. The molecule has 1 aromatic rings. The Balaban J connectivity index is 3.08. The van der Waals surface area contributed by atoms with Gasteiger partial charge in [0.25, 0.3) is 5.91 Å². The molecular formula is C13H18ClNO3. The average Bonchev–Trinajstić information content (AvgIpc) is 2.35. The van der Waals surface area contributed by atoms with Crippen molar-refractivity contribution in [3.63, 3.8) is 0 Å². The molecule has 0 atom stereocenters. The summed E-state index contributed by atoms with van der Waals surface area (Å²) in [7, 11) is 0. The normalized spacial score (nSPS) is 11.4. The number of hydrogen-bond acceptors (Lipinski definition) is 3. The molecule has 0 bridgehead atoms. The average molecular weight is 272 g/mol. The van der Waals surface area contributed by atoms with Crippen LogP contribution in [0.4, 0.5) is 0 Å². The zero-order valence-corrected chi connectivity index (χ0v) is 11.3. The van der Waals surface area contributed by atoms with Crippen molar-refractivity contribution < 1.29 is 15.0 Å². The molecule has 0 spiro atoms. The van der Waals surface area contributed by atoms with E-state index < -0.39 is 5.54 Å². The minimum atomic E-state index is -0.751. The number of halogens is 1. The highest BCUT2D eigenvalue weighted by Gasteiger charge is 2.31. The third kappa shape index (κ3) is 3.22. The number of carbonyl (C=O) groups excluding carboxylic acids is 1. The Labute approximate surface area is 112 Å². The Morgan fingerprint density at radius 3 is 2.44 bits per heavy atom. The van der Waals surface area contributed by atoms with Crippen LogP contribution in [0.2, 0.25) is 5.02 Å². The van der Waals surface area contributed by atoms with Gasteiger partial charge < -0.3 is 15.1 Å². The molecular weight excluding hydrogens is 254 g/mol. The van der Waals surface area contributed by atoms with Gasteiger partial charge >= 0.3 is 0 Å². The first-order chi connectivity index (χ1) is 8.44. The molecule has 0 aliphatic carbocycles. The molecule has 5 heteroatoms. The van der Waals surface area contributed by atoms with E-state index in [1.165, 1.54) is 4.90 Å². The van der Waals surface area contributed by atoms with Crippen LogP contribution >= 0.6 is 11.6 Å². The largest absolute Gasteiger partial charge is 0.395 e. The molecule has 0 saturated carbocycles. The van der Waals surface area contributed by atoms with Gasteiger partial charge in [-0.2, -0.15) is 0 Å². The quantitative estimate of drug-likeness (QED) is 0.854. The van der Waals surface area contributed by atoms with E-state index in [4.69, 9.17) is 16.7 Å². The van der Waals surface area contributed by atoms with E-state index in [1.807, 2.05) is 0 Å². The topological polar surface area (TPSA) is 60.8 Å². The molecule has 0 aliphatic heterocycles. The summed E-state index contributed by atoms with van der Waals surface area (Å²) in [5.41, 5.74) is -0.381. The van der Waals surface area contributed by atoms with Crippen LogP contribution in [0.5, 0.6) is 0 Å². The lowest BCUT2D eigenvalue weighted by molar-refractivity contribution is 0.0308. The molecule has 0 radical (unpaired) electrons. The summed E-state index contributed by atoms with van der Waals surface area (Å²) in [5, 5.41) is 18.8. The van der Waals surface area contributed by atoms with Gasteiger partial charge in [-0.15, -0.1) is 0 Å². The van der Waals surface area contributed by atoms with Gasteiger partial charge in [0.05, 0.1) is 29.3 Å². The first kappa shape index (κ1) is 15.0. The molecule has 2 N–H and O–H groups in total. The van der Waals surface area contributed by atoms with Crippen molar-refractivity contribution in [2.24, 2.45) is 0 Å². The minimum Gasteiger partial charge on any atom is -0.395 e. The van der Waals surface area contributed by atoms with Crippen molar-refractivity contribution in [2.45, 2.75) is 19.4 Å². The van der Waals surface area contributed by atoms with Gasteiger partial charge in [0.1, 0.15) is 0 Å². The molecule has 4 nitrogen and oxygen atoms in total. The molecule has 1 amide bonds. The maximum Gasteiger partial charge on any atom is 0.255 e. The SMILES string of the molecule is CC(C)(CO)N(CCO)C(=O)c1ccccc1Cl. The first-order valence-corrected chi connectivity index (χ1v) is 6.10. The molecule has 0 unspecified atom stereocenters. The van der Waals surface area contributed by atoms with Crippen molar-refractivity contribution in [1.82, 2.24) is 4.90 Å². The second-order valence-electron chi connectivity index (χ2n) is 4.63. The maximum atomic E-state index is 12.4. The Hall–Kier alpha value is -1.10. The molecule has 0 aliphatic rings. The number of aliphatic hydroxyl groups is 2. The van der Waals surface area contributed by atoms with E-state index in [0.717, 1.165) is 0 Å². The van der Waals surface area contributed by atoms with Crippen LogP contribution in [0, 0.1) is 0 Å². The summed E-state index contributed by atoms with van der Waals surface area (Å²) in [4.78, 5) is 13.8. The molecule has 0 aromatic heterocycles. The lowest BCUT2D eigenvalue weighted by Gasteiger charge is -2.37. The van der Waals surface area contributed by atoms with Gasteiger partial charge in [-0.25, -0.2) is 0 Å². The Morgan fingerprint density at radius 1 is 1.33 bits per heavy atom. The number of rotatable bonds is 5. The second kappa shape index (κ2) is 6.18. The van der Waals surface area contributed by atoms with Crippen LogP contribution < -0.4 is 0 Å². The molecule has 0 fully saturated rings. The number of hydrogen-bond donors (Lipinski definition) is 2. The molecule has 0 saturated heterocycles. The third-order valence-electron chi connectivity index (χ3n) is 2.79. The highest BCUT2D eigenvalue weighted by molar-refractivity contribution is 6.33. The third-order valence-corrected chi connectivity index (χ3v) is 3.12. The monoisotopic (exact) mass is 271 g/mol. The molecule has 1 aromatic carbocycles. The van der Waals surface area contributed by atoms with Crippen molar-refractivity contribution >= 4 is 17.5 Å². The van der Waals surface area contributed by atoms with Crippen LogP contribution in [0.1, 0.15) is 24.2 Å². The van der Waals surface area contributed by atoms with E-state index in [9.17, 15) is 9.90 Å². The van der Waals surface area contributed by atoms with Crippen molar-refractivity contribution in [1.29, 1.82) is 0 Å². The van der Waals surface area contributed by atoms with E-state index in [2.05, 4.69) is 0 Å². The standard InChI is InChI=1S/C13H18ClNO3/c1-13(2,9-17)15(7-8-16)12(18)10-5-3-4-6-11(10)14/h3-6,16-17H,7-9H2,1-2H3. The maximum absolute atomic E-state index is 12.4. The number of carbonyl (C=O) groups is 1.